The van der Waals surface area contributed by atoms with Gasteiger partial charge in [-0.25, -0.2) is 0 Å². The van der Waals surface area contributed by atoms with Gasteiger partial charge >= 0.3 is 0 Å². The summed E-state index contributed by atoms with van der Waals surface area (Å²) < 4.78 is 0.896. The maximum atomic E-state index is 12.1. The Morgan fingerprint density at radius 1 is 1.33 bits per heavy atom. The van der Waals surface area contributed by atoms with Crippen molar-refractivity contribution < 1.29 is 4.79 Å². The first kappa shape index (κ1) is 12.5. The van der Waals surface area contributed by atoms with Crippen LogP contribution in [0.2, 0.25) is 0 Å². The van der Waals surface area contributed by atoms with E-state index in [1.165, 1.54) is 12.4 Å². The average Bonchev–Trinajstić information content (AvgIpc) is 2.38. The maximum absolute atomic E-state index is 12.1. The van der Waals surface area contributed by atoms with Crippen LogP contribution in [0.4, 0.5) is 11.4 Å². The highest BCUT2D eigenvalue weighted by molar-refractivity contribution is 9.10. The zero-order valence-corrected chi connectivity index (χ0v) is 10.9. The quantitative estimate of drug-likeness (QED) is 0.601. The van der Waals surface area contributed by atoms with Gasteiger partial charge in [0.05, 0.1) is 17.4 Å². The van der Waals surface area contributed by atoms with Gasteiger partial charge in [-0.2, -0.15) is 0 Å². The normalized spacial score (nSPS) is 9.89. The molecule has 0 fully saturated rings. The lowest BCUT2D eigenvalue weighted by atomic mass is 10.2. The van der Waals surface area contributed by atoms with Crippen molar-refractivity contribution in [3.05, 3.63) is 52.8 Å². The number of pyridine rings is 1. The summed E-state index contributed by atoms with van der Waals surface area (Å²) in [6.07, 6.45) is 3.03. The minimum atomic E-state index is -0.247. The molecular formula is C12H11BrN4O. The highest BCUT2D eigenvalue weighted by atomic mass is 79.9. The summed E-state index contributed by atoms with van der Waals surface area (Å²) in [4.78, 5) is 15.9. The molecule has 1 aromatic carbocycles. The van der Waals surface area contributed by atoms with E-state index in [1.54, 1.807) is 12.1 Å². The van der Waals surface area contributed by atoms with Crippen LogP contribution in [0.25, 0.3) is 0 Å². The van der Waals surface area contributed by atoms with Crippen LogP contribution in [0, 0.1) is 0 Å². The topological polar surface area (TPSA) is 80.0 Å². The highest BCUT2D eigenvalue weighted by Crippen LogP contribution is 2.18. The van der Waals surface area contributed by atoms with E-state index in [-0.39, 0.29) is 5.91 Å². The molecule has 0 saturated heterocycles. The van der Waals surface area contributed by atoms with Gasteiger partial charge in [0.1, 0.15) is 0 Å². The Morgan fingerprint density at radius 3 is 2.89 bits per heavy atom. The molecule has 1 heterocycles. The zero-order chi connectivity index (χ0) is 13.0. The van der Waals surface area contributed by atoms with Gasteiger partial charge in [0, 0.05) is 16.4 Å². The number of amides is 1. The second-order valence-corrected chi connectivity index (χ2v) is 4.45. The Labute approximate surface area is 113 Å². The lowest BCUT2D eigenvalue weighted by Crippen LogP contribution is -2.17. The smallest absolute Gasteiger partial charge is 0.257 e. The number of carbonyl (C=O) groups excluding carboxylic acids is 1. The third-order valence-electron chi connectivity index (χ3n) is 2.30. The van der Waals surface area contributed by atoms with Gasteiger partial charge in [-0.1, -0.05) is 22.0 Å². The Bertz CT molecular complexity index is 574. The van der Waals surface area contributed by atoms with Crippen molar-refractivity contribution in [1.82, 2.24) is 4.98 Å². The van der Waals surface area contributed by atoms with E-state index in [1.807, 2.05) is 18.2 Å². The second-order valence-electron chi connectivity index (χ2n) is 3.53. The van der Waals surface area contributed by atoms with Crippen molar-refractivity contribution in [3.63, 3.8) is 0 Å². The molecule has 5 nitrogen and oxygen atoms in total. The van der Waals surface area contributed by atoms with Crippen molar-refractivity contribution in [2.24, 2.45) is 5.84 Å². The fourth-order valence-corrected chi connectivity index (χ4v) is 1.87. The molecule has 0 aliphatic carbocycles. The number of nitrogen functional groups attached to an aromatic ring is 1. The summed E-state index contributed by atoms with van der Waals surface area (Å²) in [5.74, 6) is 5.08. The molecule has 0 saturated carbocycles. The van der Waals surface area contributed by atoms with Crippen LogP contribution in [0.15, 0.2) is 47.2 Å². The number of hydrazine groups is 1. The van der Waals surface area contributed by atoms with E-state index in [0.29, 0.717) is 16.9 Å². The van der Waals surface area contributed by atoms with E-state index in [4.69, 9.17) is 5.84 Å². The number of hydrogen-bond donors (Lipinski definition) is 3. The number of rotatable bonds is 3. The van der Waals surface area contributed by atoms with Crippen LogP contribution in [-0.2, 0) is 0 Å². The molecule has 6 heteroatoms. The van der Waals surface area contributed by atoms with Crippen LogP contribution in [0.3, 0.4) is 0 Å². The first-order chi connectivity index (χ1) is 8.70. The fourth-order valence-electron chi connectivity index (χ4n) is 1.47. The lowest BCUT2D eigenvalue weighted by molar-refractivity contribution is 0.102. The lowest BCUT2D eigenvalue weighted by Gasteiger charge is -2.09. The number of nitrogens with one attached hydrogen (secondary N) is 2. The van der Waals surface area contributed by atoms with Crippen LogP contribution < -0.4 is 16.6 Å². The number of nitrogens with zero attached hydrogens (tertiary/aromatic N) is 1. The van der Waals surface area contributed by atoms with Crippen molar-refractivity contribution in [1.29, 1.82) is 0 Å². The fraction of sp³-hybridized carbons (Fsp3) is 0. The number of hydrogen-bond acceptors (Lipinski definition) is 4. The van der Waals surface area contributed by atoms with E-state index >= 15 is 0 Å². The maximum Gasteiger partial charge on any atom is 0.257 e. The Hall–Kier alpha value is -1.92. The minimum absolute atomic E-state index is 0.247. The number of nitrogens with two attached hydrogens (primary N) is 1. The van der Waals surface area contributed by atoms with E-state index < -0.39 is 0 Å². The SMILES string of the molecule is NNc1cnccc1C(=O)Nc1cccc(Br)c1. The van der Waals surface area contributed by atoms with Crippen molar-refractivity contribution >= 4 is 33.2 Å². The summed E-state index contributed by atoms with van der Waals surface area (Å²) in [5.41, 5.74) is 4.06. The van der Waals surface area contributed by atoms with Gasteiger partial charge in [0.25, 0.3) is 5.91 Å². The molecule has 2 rings (SSSR count). The van der Waals surface area contributed by atoms with Crippen molar-refractivity contribution in [3.8, 4) is 0 Å². The Balaban J connectivity index is 2.22. The molecule has 0 radical (unpaired) electrons. The predicted molar refractivity (Wildman–Crippen MR) is 74.1 cm³/mol. The molecule has 0 unspecified atom stereocenters. The molecule has 0 aliphatic heterocycles. The van der Waals surface area contributed by atoms with Gasteiger partial charge < -0.3 is 10.7 Å². The summed E-state index contributed by atoms with van der Waals surface area (Å²) in [5, 5.41) is 2.78. The second kappa shape index (κ2) is 5.61. The van der Waals surface area contributed by atoms with Crippen LogP contribution in [0.1, 0.15) is 10.4 Å². The minimum Gasteiger partial charge on any atom is -0.322 e. The van der Waals surface area contributed by atoms with Crippen LogP contribution >= 0.6 is 15.9 Å². The van der Waals surface area contributed by atoms with Crippen molar-refractivity contribution in [2.75, 3.05) is 10.7 Å². The monoisotopic (exact) mass is 306 g/mol. The van der Waals surface area contributed by atoms with Crippen LogP contribution in [0.5, 0.6) is 0 Å². The van der Waals surface area contributed by atoms with Crippen molar-refractivity contribution in [2.45, 2.75) is 0 Å². The third kappa shape index (κ3) is 2.85. The molecule has 4 N–H and O–H groups in total. The van der Waals surface area contributed by atoms with E-state index in [0.717, 1.165) is 4.47 Å². The summed E-state index contributed by atoms with van der Waals surface area (Å²) in [6.45, 7) is 0. The van der Waals surface area contributed by atoms with E-state index in [9.17, 15) is 4.79 Å². The molecule has 0 bridgehead atoms. The first-order valence-electron chi connectivity index (χ1n) is 5.18. The van der Waals surface area contributed by atoms with Gasteiger partial charge in [-0.3, -0.25) is 15.6 Å². The van der Waals surface area contributed by atoms with Gasteiger partial charge in [-0.05, 0) is 24.3 Å². The zero-order valence-electron chi connectivity index (χ0n) is 9.35. The van der Waals surface area contributed by atoms with Gasteiger partial charge in [-0.15, -0.1) is 0 Å². The number of halogens is 1. The molecule has 18 heavy (non-hydrogen) atoms. The number of benzene rings is 1. The largest absolute Gasteiger partial charge is 0.322 e. The number of anilines is 2. The standard InChI is InChI=1S/C12H11BrN4O/c13-8-2-1-3-9(6-8)16-12(18)10-4-5-15-7-11(10)17-14/h1-7,17H,14H2,(H,16,18). The Kier molecular flexibility index (Phi) is 3.91. The van der Waals surface area contributed by atoms with Gasteiger partial charge in [0.15, 0.2) is 0 Å². The summed E-state index contributed by atoms with van der Waals surface area (Å²) in [7, 11) is 0. The predicted octanol–water partition coefficient (Wildman–Crippen LogP) is 2.38. The highest BCUT2D eigenvalue weighted by Gasteiger charge is 2.10. The third-order valence-corrected chi connectivity index (χ3v) is 2.80. The molecule has 0 spiro atoms. The number of carbonyl (C=O) groups is 1. The molecule has 1 amide bonds. The molecule has 0 atom stereocenters. The molecule has 1 aromatic heterocycles. The molecule has 0 aliphatic rings. The summed E-state index contributed by atoms with van der Waals surface area (Å²) in [6, 6.07) is 8.94. The average molecular weight is 307 g/mol. The van der Waals surface area contributed by atoms with Gasteiger partial charge in [0.2, 0.25) is 0 Å². The molecular weight excluding hydrogens is 296 g/mol. The van der Waals surface area contributed by atoms with E-state index in [2.05, 4.69) is 31.7 Å². The Morgan fingerprint density at radius 2 is 2.17 bits per heavy atom. The summed E-state index contributed by atoms with van der Waals surface area (Å²) >= 11 is 3.34. The first-order valence-corrected chi connectivity index (χ1v) is 5.97. The molecule has 92 valence electrons. The van der Waals surface area contributed by atoms with Crippen LogP contribution in [-0.4, -0.2) is 10.9 Å². The molecule has 2 aromatic rings. The number of aromatic nitrogens is 1.